The van der Waals surface area contributed by atoms with E-state index in [4.69, 9.17) is 251 Å². The minimum Gasteiger partial charge on any atom is -0.501 e. The molecule has 4 heterocycles. The maximum atomic E-state index is 12.8. The van der Waals surface area contributed by atoms with Crippen LogP contribution in [-0.4, -0.2) is 151 Å². The average Bonchev–Trinajstić information content (AvgIpc) is 4.14. The Kier molecular flexibility index (Phi) is 18.7. The number of halogens is 18. The molecule has 0 aromatic rings. The van der Waals surface area contributed by atoms with Crippen LogP contribution in [-0.2, 0) is 52.2 Å². The monoisotopic (exact) mass is 1380 g/mol. The van der Waals surface area contributed by atoms with Crippen molar-refractivity contribution in [2.24, 2.45) is 35.5 Å². The molecular formula is C44H42Cl18O11. The molecule has 16 atom stereocenters. The summed E-state index contributed by atoms with van der Waals surface area (Å²) in [6, 6.07) is 0. The fourth-order valence-electron chi connectivity index (χ4n) is 10.4. The van der Waals surface area contributed by atoms with Crippen molar-refractivity contribution in [3.8, 4) is 0 Å². The summed E-state index contributed by atoms with van der Waals surface area (Å²) >= 11 is 118. The molecule has 6 aliphatic carbocycles. The fraction of sp³-hybridized carbons (Fsp3) is 0.727. The summed E-state index contributed by atoms with van der Waals surface area (Å²) < 4.78 is 42.4. The Balaban J connectivity index is 0.000000147. The highest BCUT2D eigenvalue weighted by Gasteiger charge is 2.87. The lowest BCUT2D eigenvalue weighted by atomic mass is 9.79. The number of carbonyl (C=O) groups is 2. The average molecular weight is 1380 g/mol. The fourth-order valence-corrected chi connectivity index (χ4v) is 19.5. The van der Waals surface area contributed by atoms with Gasteiger partial charge in [-0.2, -0.15) is 0 Å². The summed E-state index contributed by atoms with van der Waals surface area (Å²) in [5.41, 5.74) is 0. The molecule has 4 aliphatic heterocycles. The van der Waals surface area contributed by atoms with Crippen molar-refractivity contribution in [2.45, 2.75) is 79.5 Å². The molecule has 10 aliphatic rings. The first-order chi connectivity index (χ1) is 34.0. The standard InChI is InChI=1S/C15H12Cl6O6.C15H16Cl6O4.C14H14Cl6O/c16-9-10(17)14(19)8(12(23)27-4-6-2-25-6)7(13(9,18)15(14,20)21)11(22)26-3-5-1-24-5;16-11-12(17)14(19)10(6-23-2-8-4-25-8)9(5-22-1-7-3-24-7)13(11,18)15(14,20)21;1-3-5-6-8-9(7-21-4-2)13(18)11(16)10(15)12(8,17)14(13,19)20/h5-8H,1-4H2;7-10H,1-6H2;3-4,8-9H,1-2,5-7H2. The predicted octanol–water partition coefficient (Wildman–Crippen LogP) is 13.0. The number of rotatable bonds is 20. The first kappa shape index (κ1) is 61.5. The molecule has 11 nitrogen and oxygen atoms in total. The molecule has 0 spiro atoms. The smallest absolute Gasteiger partial charge is 0.312 e. The Morgan fingerprint density at radius 3 is 1.05 bits per heavy atom. The normalized spacial score (nSPS) is 43.8. The van der Waals surface area contributed by atoms with Crippen LogP contribution in [0.15, 0.2) is 55.7 Å². The van der Waals surface area contributed by atoms with Crippen LogP contribution in [0.3, 0.4) is 0 Å². The van der Waals surface area contributed by atoms with E-state index < -0.39 is 66.0 Å². The third-order valence-electron chi connectivity index (χ3n) is 14.7. The van der Waals surface area contributed by atoms with Gasteiger partial charge in [-0.1, -0.05) is 152 Å². The van der Waals surface area contributed by atoms with Gasteiger partial charge in [-0.25, -0.2) is 0 Å². The van der Waals surface area contributed by atoms with E-state index in [1.54, 1.807) is 6.08 Å². The highest BCUT2D eigenvalue weighted by atomic mass is 35.5. The molecule has 10 rings (SSSR count). The van der Waals surface area contributed by atoms with Crippen LogP contribution in [0, 0.1) is 35.5 Å². The van der Waals surface area contributed by atoms with E-state index in [0.717, 1.165) is 6.42 Å². The van der Waals surface area contributed by atoms with Crippen molar-refractivity contribution < 1.29 is 52.2 Å². The van der Waals surface area contributed by atoms with Crippen LogP contribution in [0.2, 0.25) is 0 Å². The number of epoxide rings is 4. The van der Waals surface area contributed by atoms with E-state index >= 15 is 0 Å². The zero-order valence-electron chi connectivity index (χ0n) is 37.3. The van der Waals surface area contributed by atoms with Crippen LogP contribution < -0.4 is 0 Å². The molecule has 6 bridgehead atoms. The zero-order chi connectivity index (χ0) is 53.9. The van der Waals surface area contributed by atoms with E-state index in [9.17, 15) is 9.59 Å². The number of hydrogen-bond acceptors (Lipinski definition) is 11. The molecule has 0 amide bonds. The topological polar surface area (TPSA) is 130 Å². The molecule has 29 heteroatoms. The summed E-state index contributed by atoms with van der Waals surface area (Å²) in [5.74, 6) is -5.73. The van der Waals surface area contributed by atoms with Gasteiger partial charge in [-0.05, 0) is 18.8 Å². The van der Waals surface area contributed by atoms with Crippen LogP contribution in [0.5, 0.6) is 0 Å². The van der Waals surface area contributed by atoms with Gasteiger partial charge in [0.1, 0.15) is 66.9 Å². The highest BCUT2D eigenvalue weighted by molar-refractivity contribution is 6.68. The van der Waals surface area contributed by atoms with Crippen molar-refractivity contribution in [3.63, 3.8) is 0 Å². The van der Waals surface area contributed by atoms with Gasteiger partial charge in [-0.15, -0.1) is 76.2 Å². The molecule has 73 heavy (non-hydrogen) atoms. The van der Waals surface area contributed by atoms with Gasteiger partial charge in [0.25, 0.3) is 0 Å². The van der Waals surface area contributed by atoms with Crippen molar-refractivity contribution in [1.29, 1.82) is 0 Å². The summed E-state index contributed by atoms with van der Waals surface area (Å²) in [5, 5.41) is 0.353. The summed E-state index contributed by atoms with van der Waals surface area (Å²) in [4.78, 5) is 16.5. The second-order valence-corrected chi connectivity index (χ2v) is 28.6. The molecule has 0 aromatic heterocycles. The second kappa shape index (κ2) is 22.2. The highest BCUT2D eigenvalue weighted by Crippen LogP contribution is 2.79. The molecule has 16 unspecified atom stereocenters. The SMILES string of the molecule is C=CCCC1C(COC=C)C2(Cl)C(Cl)=C(Cl)C1(Cl)C2(Cl)Cl.ClC1=C(Cl)C2(Cl)C(COCC3CO3)C(COCC3CO3)C1(Cl)C2(Cl)Cl.O=C(OCC1CO1)C1C(C(=O)OCC2CO2)C2(Cl)C(Cl)=C(Cl)C1(Cl)C2(Cl)Cl. The molecular weight excluding hydrogens is 1340 g/mol. The lowest BCUT2D eigenvalue weighted by Crippen LogP contribution is -2.46. The van der Waals surface area contributed by atoms with E-state index in [2.05, 4.69) is 13.2 Å². The third-order valence-corrected chi connectivity index (χ3v) is 27.6. The molecule has 3 saturated carbocycles. The molecule has 0 aromatic carbocycles. The Hall–Kier alpha value is 2.42. The lowest BCUT2D eigenvalue weighted by Gasteiger charge is -2.36. The second-order valence-electron chi connectivity index (χ2n) is 18.8. The Morgan fingerprint density at radius 2 is 0.740 bits per heavy atom. The predicted molar refractivity (Wildman–Crippen MR) is 290 cm³/mol. The van der Waals surface area contributed by atoms with Crippen LogP contribution >= 0.6 is 209 Å². The molecule has 410 valence electrons. The van der Waals surface area contributed by atoms with Crippen molar-refractivity contribution >= 4 is 221 Å². The molecule has 7 fully saturated rings. The minimum absolute atomic E-state index is 0.0120. The first-order valence-electron chi connectivity index (χ1n) is 22.3. The van der Waals surface area contributed by atoms with Gasteiger partial charge < -0.3 is 42.6 Å². The van der Waals surface area contributed by atoms with Gasteiger partial charge in [0, 0.05) is 17.8 Å². The Labute approximate surface area is 511 Å². The molecule has 0 radical (unpaired) electrons. The maximum Gasteiger partial charge on any atom is 0.312 e. The Bertz CT molecular complexity index is 2180. The molecule has 0 N–H and O–H groups in total. The minimum atomic E-state index is -2.07. The van der Waals surface area contributed by atoms with Gasteiger partial charge >= 0.3 is 11.9 Å². The van der Waals surface area contributed by atoms with Crippen molar-refractivity contribution in [3.05, 3.63) is 55.7 Å². The van der Waals surface area contributed by atoms with E-state index in [1.807, 2.05) is 0 Å². The number of alkyl halides is 12. The quantitative estimate of drug-likeness (QED) is 0.0380. The number of carbonyl (C=O) groups excluding carboxylic acids is 2. The summed E-state index contributed by atoms with van der Waals surface area (Å²) in [6.45, 7) is 11.3. The van der Waals surface area contributed by atoms with Gasteiger partial charge in [0.15, 0.2) is 13.0 Å². The van der Waals surface area contributed by atoms with Crippen molar-refractivity contribution in [1.82, 2.24) is 0 Å². The number of allylic oxidation sites excluding steroid dienone is 7. The molecule has 4 saturated heterocycles. The van der Waals surface area contributed by atoms with E-state index in [-0.39, 0.29) is 111 Å². The van der Waals surface area contributed by atoms with Crippen LogP contribution in [0.4, 0.5) is 0 Å². The summed E-state index contributed by atoms with van der Waals surface area (Å²) in [6.07, 6.45) is 4.38. The van der Waals surface area contributed by atoms with Gasteiger partial charge in [0.2, 0.25) is 0 Å². The number of hydrogen-bond donors (Lipinski definition) is 0. The zero-order valence-corrected chi connectivity index (χ0v) is 50.9. The van der Waals surface area contributed by atoms with Crippen LogP contribution in [0.1, 0.15) is 12.8 Å². The van der Waals surface area contributed by atoms with E-state index in [0.29, 0.717) is 46.1 Å². The van der Waals surface area contributed by atoms with E-state index in [1.165, 1.54) is 6.26 Å². The maximum absolute atomic E-state index is 12.8. The third kappa shape index (κ3) is 9.53. The largest absolute Gasteiger partial charge is 0.501 e. The summed E-state index contributed by atoms with van der Waals surface area (Å²) in [7, 11) is 0. The number of ether oxygens (including phenoxy) is 9. The Morgan fingerprint density at radius 1 is 0.452 bits per heavy atom. The first-order valence-corrected chi connectivity index (χ1v) is 29.1. The van der Waals surface area contributed by atoms with Crippen molar-refractivity contribution in [2.75, 3.05) is 72.7 Å². The van der Waals surface area contributed by atoms with Gasteiger partial charge in [-0.3, -0.25) is 9.59 Å². The number of esters is 2. The van der Waals surface area contributed by atoms with Crippen LogP contribution in [0.25, 0.3) is 0 Å². The lowest BCUT2D eigenvalue weighted by molar-refractivity contribution is -0.161. The number of fused-ring (bicyclic) bond motifs is 6. The van der Waals surface area contributed by atoms with Gasteiger partial charge in [0.05, 0.1) is 108 Å².